The molecule has 0 fully saturated rings. The van der Waals surface area contributed by atoms with Gasteiger partial charge in [0.1, 0.15) is 11.5 Å². The zero-order valence-corrected chi connectivity index (χ0v) is 9.52. The van der Waals surface area contributed by atoms with Crippen molar-refractivity contribution in [2.24, 2.45) is 0 Å². The molecule has 0 aliphatic heterocycles. The molecule has 90 valence electrons. The van der Waals surface area contributed by atoms with Crippen LogP contribution in [0.5, 0.6) is 0 Å². The first-order valence-electron chi connectivity index (χ1n) is 4.76. The molecule has 0 atom stereocenters. The van der Waals surface area contributed by atoms with Crippen LogP contribution in [-0.2, 0) is 6.18 Å². The van der Waals surface area contributed by atoms with E-state index in [0.29, 0.717) is 10.6 Å². The van der Waals surface area contributed by atoms with Gasteiger partial charge < -0.3 is 4.98 Å². The van der Waals surface area contributed by atoms with E-state index in [1.165, 1.54) is 0 Å². The molecule has 0 bridgehead atoms. The van der Waals surface area contributed by atoms with Crippen molar-refractivity contribution in [3.63, 3.8) is 0 Å². The Bertz CT molecular complexity index is 526. The smallest absolute Gasteiger partial charge is 0.334 e. The summed E-state index contributed by atoms with van der Waals surface area (Å²) in [6.07, 6.45) is -3.65. The molecule has 0 saturated carbocycles. The molecule has 2 nitrogen and oxygen atoms in total. The molecule has 1 heterocycles. The third-order valence-corrected chi connectivity index (χ3v) is 2.41. The first kappa shape index (κ1) is 12.0. The number of aryl methyl sites for hydroxylation is 1. The summed E-state index contributed by atoms with van der Waals surface area (Å²) in [7, 11) is 0. The van der Waals surface area contributed by atoms with Crippen molar-refractivity contribution < 1.29 is 13.2 Å². The van der Waals surface area contributed by atoms with Gasteiger partial charge in [-0.3, -0.25) is 0 Å². The van der Waals surface area contributed by atoms with Crippen LogP contribution in [0.3, 0.4) is 0 Å². The van der Waals surface area contributed by atoms with Crippen molar-refractivity contribution in [3.05, 3.63) is 40.7 Å². The molecular weight excluding hydrogens is 253 g/mol. The molecule has 0 aliphatic rings. The van der Waals surface area contributed by atoms with Crippen LogP contribution >= 0.6 is 11.6 Å². The fourth-order valence-corrected chi connectivity index (χ4v) is 1.77. The number of imidazole rings is 1. The lowest BCUT2D eigenvalue weighted by molar-refractivity contribution is -0.140. The molecule has 0 aliphatic carbocycles. The molecule has 1 aromatic carbocycles. The fraction of sp³-hybridized carbons (Fsp3) is 0.182. The number of halogens is 4. The Morgan fingerprint density at radius 1 is 1.24 bits per heavy atom. The van der Waals surface area contributed by atoms with Crippen LogP contribution in [0.1, 0.15) is 11.3 Å². The van der Waals surface area contributed by atoms with E-state index in [0.717, 1.165) is 11.8 Å². The van der Waals surface area contributed by atoms with Gasteiger partial charge in [-0.2, -0.15) is 13.2 Å². The number of benzene rings is 1. The van der Waals surface area contributed by atoms with Crippen molar-refractivity contribution in [1.29, 1.82) is 0 Å². The Hall–Kier alpha value is -1.49. The second-order valence-corrected chi connectivity index (χ2v) is 4.10. The highest BCUT2D eigenvalue weighted by Crippen LogP contribution is 2.30. The topological polar surface area (TPSA) is 28.7 Å². The first-order valence-corrected chi connectivity index (χ1v) is 5.14. The largest absolute Gasteiger partial charge is 0.432 e. The molecule has 2 aromatic rings. The van der Waals surface area contributed by atoms with E-state index in [4.69, 9.17) is 11.6 Å². The van der Waals surface area contributed by atoms with Gasteiger partial charge in [0.2, 0.25) is 0 Å². The lowest BCUT2D eigenvalue weighted by Gasteiger charge is -2.02. The highest BCUT2D eigenvalue weighted by Gasteiger charge is 2.33. The molecule has 0 unspecified atom stereocenters. The van der Waals surface area contributed by atoms with Gasteiger partial charge in [-0.15, -0.1) is 0 Å². The minimum atomic E-state index is -4.42. The standard InChI is InChI=1S/C11H8ClF3N2/c1-6-2-7(4-8(12)3-6)10-16-5-9(17-10)11(13,14)15/h2-5H,1H3,(H,16,17). The SMILES string of the molecule is Cc1cc(Cl)cc(-c2ncc(C(F)(F)F)[nH]2)c1. The number of nitrogens with one attached hydrogen (secondary N) is 1. The van der Waals surface area contributed by atoms with E-state index in [-0.39, 0.29) is 5.82 Å². The average molecular weight is 261 g/mol. The van der Waals surface area contributed by atoms with Gasteiger partial charge in [-0.25, -0.2) is 4.98 Å². The van der Waals surface area contributed by atoms with Crippen LogP contribution in [0.4, 0.5) is 13.2 Å². The number of alkyl halides is 3. The van der Waals surface area contributed by atoms with E-state index >= 15 is 0 Å². The maximum absolute atomic E-state index is 12.4. The number of rotatable bonds is 1. The summed E-state index contributed by atoms with van der Waals surface area (Å²) in [4.78, 5) is 5.93. The van der Waals surface area contributed by atoms with Gasteiger partial charge in [0, 0.05) is 10.6 Å². The summed E-state index contributed by atoms with van der Waals surface area (Å²) in [6, 6.07) is 5.00. The second kappa shape index (κ2) is 4.07. The van der Waals surface area contributed by atoms with Crippen LogP contribution in [0.15, 0.2) is 24.4 Å². The third kappa shape index (κ3) is 2.61. The predicted octanol–water partition coefficient (Wildman–Crippen LogP) is 4.06. The van der Waals surface area contributed by atoms with Crippen molar-refractivity contribution in [2.45, 2.75) is 13.1 Å². The Kier molecular flexibility index (Phi) is 2.87. The summed E-state index contributed by atoms with van der Waals surface area (Å²) in [5.74, 6) is 0.155. The van der Waals surface area contributed by atoms with E-state index in [1.54, 1.807) is 18.2 Å². The quantitative estimate of drug-likeness (QED) is 0.823. The van der Waals surface area contributed by atoms with Gasteiger partial charge in [0.05, 0.1) is 6.20 Å². The number of hydrogen-bond acceptors (Lipinski definition) is 1. The Labute approximate surface area is 100 Å². The van der Waals surface area contributed by atoms with Crippen LogP contribution in [0, 0.1) is 6.92 Å². The van der Waals surface area contributed by atoms with Gasteiger partial charge in [0.25, 0.3) is 0 Å². The predicted molar refractivity (Wildman–Crippen MR) is 58.8 cm³/mol. The second-order valence-electron chi connectivity index (χ2n) is 3.66. The van der Waals surface area contributed by atoms with E-state index in [9.17, 15) is 13.2 Å². The van der Waals surface area contributed by atoms with Crippen molar-refractivity contribution in [2.75, 3.05) is 0 Å². The van der Waals surface area contributed by atoms with E-state index < -0.39 is 11.9 Å². The highest BCUT2D eigenvalue weighted by molar-refractivity contribution is 6.30. The summed E-state index contributed by atoms with van der Waals surface area (Å²) in [5, 5.41) is 0.463. The van der Waals surface area contributed by atoms with Crippen LogP contribution in [0.25, 0.3) is 11.4 Å². The monoisotopic (exact) mass is 260 g/mol. The van der Waals surface area contributed by atoms with Crippen molar-refractivity contribution in [1.82, 2.24) is 9.97 Å². The lowest BCUT2D eigenvalue weighted by atomic mass is 10.1. The van der Waals surface area contributed by atoms with E-state index in [1.807, 2.05) is 6.92 Å². The molecule has 0 spiro atoms. The Balaban J connectivity index is 2.44. The summed E-state index contributed by atoms with van der Waals surface area (Å²) in [6.45, 7) is 1.81. The molecule has 6 heteroatoms. The number of aromatic amines is 1. The van der Waals surface area contributed by atoms with Gasteiger partial charge in [0.15, 0.2) is 0 Å². The number of hydrogen-bond donors (Lipinski definition) is 1. The summed E-state index contributed by atoms with van der Waals surface area (Å²) >= 11 is 5.83. The van der Waals surface area contributed by atoms with Gasteiger partial charge in [-0.1, -0.05) is 11.6 Å². The average Bonchev–Trinajstić information content (AvgIpc) is 2.63. The molecule has 0 radical (unpaired) electrons. The van der Waals surface area contributed by atoms with Gasteiger partial charge in [-0.05, 0) is 30.7 Å². The molecule has 0 saturated heterocycles. The number of H-pyrrole nitrogens is 1. The van der Waals surface area contributed by atoms with Crippen molar-refractivity contribution in [3.8, 4) is 11.4 Å². The zero-order valence-electron chi connectivity index (χ0n) is 8.77. The third-order valence-electron chi connectivity index (χ3n) is 2.20. The maximum Gasteiger partial charge on any atom is 0.432 e. The minimum Gasteiger partial charge on any atom is -0.334 e. The van der Waals surface area contributed by atoms with Crippen molar-refractivity contribution >= 4 is 11.6 Å². The van der Waals surface area contributed by atoms with Crippen LogP contribution in [-0.4, -0.2) is 9.97 Å². The number of aromatic nitrogens is 2. The fourth-order valence-electron chi connectivity index (χ4n) is 1.49. The lowest BCUT2D eigenvalue weighted by Crippen LogP contribution is -2.04. The number of nitrogens with zero attached hydrogens (tertiary/aromatic N) is 1. The Morgan fingerprint density at radius 2 is 1.94 bits per heavy atom. The normalized spacial score (nSPS) is 11.8. The summed E-state index contributed by atoms with van der Waals surface area (Å²) in [5.41, 5.74) is 0.521. The van der Waals surface area contributed by atoms with Gasteiger partial charge >= 0.3 is 6.18 Å². The minimum absolute atomic E-state index is 0.155. The molecule has 0 amide bonds. The van der Waals surface area contributed by atoms with E-state index in [2.05, 4.69) is 9.97 Å². The molecule has 1 N–H and O–H groups in total. The highest BCUT2D eigenvalue weighted by atomic mass is 35.5. The maximum atomic E-state index is 12.4. The summed E-state index contributed by atoms with van der Waals surface area (Å²) < 4.78 is 37.1. The van der Waals surface area contributed by atoms with Crippen LogP contribution in [0.2, 0.25) is 5.02 Å². The molecule has 17 heavy (non-hydrogen) atoms. The van der Waals surface area contributed by atoms with Crippen LogP contribution < -0.4 is 0 Å². The Morgan fingerprint density at radius 3 is 2.47 bits per heavy atom. The molecule has 2 rings (SSSR count). The zero-order chi connectivity index (χ0) is 12.6. The first-order chi connectivity index (χ1) is 7.86. The molecular formula is C11H8ClF3N2. The molecule has 1 aromatic heterocycles.